The number of hydrogen-bond donors (Lipinski definition) is 1. The first kappa shape index (κ1) is 16.6. The maximum Gasteiger partial charge on any atom is 0.325 e. The van der Waals surface area contributed by atoms with E-state index in [2.05, 4.69) is 5.32 Å². The lowest BCUT2D eigenvalue weighted by Crippen LogP contribution is -2.40. The zero-order valence-electron chi connectivity index (χ0n) is 11.9. The van der Waals surface area contributed by atoms with Crippen molar-refractivity contribution in [1.82, 2.24) is 10.2 Å². The van der Waals surface area contributed by atoms with Crippen LogP contribution in [0.3, 0.4) is 0 Å². The molecule has 6 nitrogen and oxygen atoms in total. The summed E-state index contributed by atoms with van der Waals surface area (Å²) in [5.74, 6) is -2.37. The first-order valence-corrected chi connectivity index (χ1v) is 6.38. The number of ether oxygens (including phenoxy) is 1. The Morgan fingerprint density at radius 2 is 1.95 bits per heavy atom. The van der Waals surface area contributed by atoms with Gasteiger partial charge in [-0.2, -0.15) is 0 Å². The largest absolute Gasteiger partial charge is 0.465 e. The summed E-state index contributed by atoms with van der Waals surface area (Å²) >= 11 is 0. The number of likely N-dealkylation sites (N-methyl/N-ethyl adjacent to an activating group) is 1. The first-order chi connectivity index (χ1) is 9.95. The topological polar surface area (TPSA) is 75.7 Å². The summed E-state index contributed by atoms with van der Waals surface area (Å²) < 4.78 is 18.1. The van der Waals surface area contributed by atoms with Crippen molar-refractivity contribution >= 4 is 17.8 Å². The Labute approximate surface area is 121 Å². The molecule has 0 aromatic heterocycles. The smallest absolute Gasteiger partial charge is 0.325 e. The third-order valence-electron chi connectivity index (χ3n) is 2.62. The van der Waals surface area contributed by atoms with Gasteiger partial charge in [-0.15, -0.1) is 0 Å². The first-order valence-electron chi connectivity index (χ1n) is 6.38. The zero-order valence-corrected chi connectivity index (χ0v) is 11.9. The SMILES string of the molecule is CCOC(=O)CN(C)C(=O)CNC(=O)c1ccccc1F. The molecule has 0 spiro atoms. The van der Waals surface area contributed by atoms with Crippen LogP contribution in [-0.4, -0.2) is 49.4 Å². The number of rotatable bonds is 6. The van der Waals surface area contributed by atoms with Gasteiger partial charge in [0, 0.05) is 7.05 Å². The minimum absolute atomic E-state index is 0.140. The van der Waals surface area contributed by atoms with Crippen LogP contribution in [0.25, 0.3) is 0 Å². The van der Waals surface area contributed by atoms with Crippen molar-refractivity contribution in [3.05, 3.63) is 35.6 Å². The molecule has 7 heteroatoms. The highest BCUT2D eigenvalue weighted by Crippen LogP contribution is 2.05. The minimum Gasteiger partial charge on any atom is -0.465 e. The van der Waals surface area contributed by atoms with E-state index in [9.17, 15) is 18.8 Å². The summed E-state index contributed by atoms with van der Waals surface area (Å²) in [7, 11) is 1.41. The van der Waals surface area contributed by atoms with E-state index in [1.807, 2.05) is 0 Å². The maximum absolute atomic E-state index is 13.4. The summed E-state index contributed by atoms with van der Waals surface area (Å²) in [6, 6.07) is 5.46. The highest BCUT2D eigenvalue weighted by atomic mass is 19.1. The number of hydrogen-bond acceptors (Lipinski definition) is 4. The van der Waals surface area contributed by atoms with Gasteiger partial charge in [0.25, 0.3) is 5.91 Å². The van der Waals surface area contributed by atoms with E-state index < -0.39 is 23.6 Å². The monoisotopic (exact) mass is 296 g/mol. The third-order valence-corrected chi connectivity index (χ3v) is 2.62. The molecule has 21 heavy (non-hydrogen) atoms. The van der Waals surface area contributed by atoms with Crippen LogP contribution in [0.1, 0.15) is 17.3 Å². The molecule has 2 amide bonds. The predicted molar refractivity (Wildman–Crippen MR) is 73.0 cm³/mol. The fourth-order valence-corrected chi connectivity index (χ4v) is 1.52. The van der Waals surface area contributed by atoms with E-state index in [-0.39, 0.29) is 25.3 Å². The van der Waals surface area contributed by atoms with E-state index in [1.54, 1.807) is 6.92 Å². The van der Waals surface area contributed by atoms with Crippen LogP contribution in [-0.2, 0) is 14.3 Å². The van der Waals surface area contributed by atoms with Crippen LogP contribution in [0, 0.1) is 5.82 Å². The lowest BCUT2D eigenvalue weighted by molar-refractivity contribution is -0.147. The highest BCUT2D eigenvalue weighted by molar-refractivity contribution is 5.96. The number of carbonyl (C=O) groups is 3. The van der Waals surface area contributed by atoms with Gasteiger partial charge in [0.1, 0.15) is 12.4 Å². The molecular formula is C14H17FN2O4. The molecule has 1 rings (SSSR count). The molecule has 0 radical (unpaired) electrons. The number of nitrogens with zero attached hydrogens (tertiary/aromatic N) is 1. The molecule has 0 aliphatic heterocycles. The minimum atomic E-state index is -0.689. The zero-order chi connectivity index (χ0) is 15.8. The Hall–Kier alpha value is -2.44. The van der Waals surface area contributed by atoms with Crippen LogP contribution < -0.4 is 5.32 Å². The summed E-state index contributed by atoms with van der Waals surface area (Å²) in [4.78, 5) is 35.8. The van der Waals surface area contributed by atoms with E-state index in [4.69, 9.17) is 4.74 Å². The molecule has 0 heterocycles. The lowest BCUT2D eigenvalue weighted by Gasteiger charge is -2.16. The molecule has 0 fully saturated rings. The highest BCUT2D eigenvalue weighted by Gasteiger charge is 2.16. The molecule has 114 valence electrons. The number of halogens is 1. The molecule has 0 saturated heterocycles. The van der Waals surface area contributed by atoms with Crippen molar-refractivity contribution in [2.75, 3.05) is 26.7 Å². The van der Waals surface area contributed by atoms with Crippen molar-refractivity contribution in [2.45, 2.75) is 6.92 Å². The molecule has 1 aromatic rings. The van der Waals surface area contributed by atoms with Crippen LogP contribution >= 0.6 is 0 Å². The van der Waals surface area contributed by atoms with Crippen LogP contribution in [0.4, 0.5) is 4.39 Å². The van der Waals surface area contributed by atoms with Crippen molar-refractivity contribution in [1.29, 1.82) is 0 Å². The third kappa shape index (κ3) is 5.21. The Bertz CT molecular complexity index is 533. The van der Waals surface area contributed by atoms with Gasteiger partial charge in [0.05, 0.1) is 18.7 Å². The van der Waals surface area contributed by atoms with Crippen LogP contribution in [0.2, 0.25) is 0 Å². The van der Waals surface area contributed by atoms with Crippen molar-refractivity contribution in [2.24, 2.45) is 0 Å². The van der Waals surface area contributed by atoms with Gasteiger partial charge in [0.2, 0.25) is 5.91 Å². The Balaban J connectivity index is 2.47. The van der Waals surface area contributed by atoms with Gasteiger partial charge in [-0.05, 0) is 19.1 Å². The number of esters is 1. The molecule has 1 aromatic carbocycles. The van der Waals surface area contributed by atoms with Gasteiger partial charge in [-0.25, -0.2) is 4.39 Å². The van der Waals surface area contributed by atoms with E-state index >= 15 is 0 Å². The second kappa shape index (κ2) is 7.98. The summed E-state index contributed by atoms with van der Waals surface area (Å²) in [6.45, 7) is 1.35. The molecule has 0 aliphatic carbocycles. The predicted octanol–water partition coefficient (Wildman–Crippen LogP) is 0.577. The molecule has 0 bridgehead atoms. The van der Waals surface area contributed by atoms with E-state index in [1.165, 1.54) is 25.2 Å². The summed E-state index contributed by atoms with van der Waals surface area (Å²) in [6.07, 6.45) is 0. The molecule has 0 saturated carbocycles. The second-order valence-corrected chi connectivity index (χ2v) is 4.22. The lowest BCUT2D eigenvalue weighted by atomic mass is 10.2. The summed E-state index contributed by atoms with van der Waals surface area (Å²) in [5, 5.41) is 2.30. The Morgan fingerprint density at radius 3 is 2.57 bits per heavy atom. The van der Waals surface area contributed by atoms with E-state index in [0.717, 1.165) is 11.0 Å². The van der Waals surface area contributed by atoms with Gasteiger partial charge in [0.15, 0.2) is 0 Å². The molecule has 0 atom stereocenters. The number of carbonyl (C=O) groups excluding carboxylic acids is 3. The maximum atomic E-state index is 13.4. The van der Waals surface area contributed by atoms with Gasteiger partial charge in [-0.3, -0.25) is 14.4 Å². The van der Waals surface area contributed by atoms with Crippen molar-refractivity contribution in [3.8, 4) is 0 Å². The van der Waals surface area contributed by atoms with Crippen LogP contribution in [0.15, 0.2) is 24.3 Å². The number of amides is 2. The number of benzene rings is 1. The fraction of sp³-hybridized carbons (Fsp3) is 0.357. The molecule has 0 unspecified atom stereocenters. The standard InChI is InChI=1S/C14H17FN2O4/c1-3-21-13(19)9-17(2)12(18)8-16-14(20)10-6-4-5-7-11(10)15/h4-7H,3,8-9H2,1-2H3,(H,16,20). The second-order valence-electron chi connectivity index (χ2n) is 4.22. The fourth-order valence-electron chi connectivity index (χ4n) is 1.52. The number of nitrogens with one attached hydrogen (secondary N) is 1. The average Bonchev–Trinajstić information content (AvgIpc) is 2.45. The Morgan fingerprint density at radius 1 is 1.29 bits per heavy atom. The summed E-state index contributed by atoms with van der Waals surface area (Å²) in [5.41, 5.74) is -0.140. The molecule has 0 aliphatic rings. The average molecular weight is 296 g/mol. The Kier molecular flexibility index (Phi) is 6.32. The van der Waals surface area contributed by atoms with Crippen molar-refractivity contribution in [3.63, 3.8) is 0 Å². The normalized spacial score (nSPS) is 9.86. The quantitative estimate of drug-likeness (QED) is 0.779. The van der Waals surface area contributed by atoms with Gasteiger partial charge < -0.3 is 15.0 Å². The van der Waals surface area contributed by atoms with Crippen molar-refractivity contribution < 1.29 is 23.5 Å². The van der Waals surface area contributed by atoms with E-state index in [0.29, 0.717) is 0 Å². The molecule has 1 N–H and O–H groups in total. The molecular weight excluding hydrogens is 279 g/mol. The van der Waals surface area contributed by atoms with Gasteiger partial charge >= 0.3 is 5.97 Å². The van der Waals surface area contributed by atoms with Gasteiger partial charge in [-0.1, -0.05) is 12.1 Å². The van der Waals surface area contributed by atoms with Crippen LogP contribution in [0.5, 0.6) is 0 Å².